The van der Waals surface area contributed by atoms with Crippen molar-refractivity contribution in [1.29, 1.82) is 5.26 Å². The lowest BCUT2D eigenvalue weighted by molar-refractivity contribution is -0.129. The summed E-state index contributed by atoms with van der Waals surface area (Å²) in [6.07, 6.45) is 0.201. The van der Waals surface area contributed by atoms with Crippen LogP contribution in [0.25, 0.3) is 0 Å². The monoisotopic (exact) mass is 437 g/mol. The van der Waals surface area contributed by atoms with Gasteiger partial charge in [-0.1, -0.05) is 11.8 Å². The SMILES string of the molecule is COc1ccc(N2CSC3=C(C#N)C(c4cc(OC)ccc4OC)CC(=O)N3C2)cc1. The second kappa shape index (κ2) is 8.82. The summed E-state index contributed by atoms with van der Waals surface area (Å²) in [6, 6.07) is 15.6. The summed E-state index contributed by atoms with van der Waals surface area (Å²) in [5, 5.41) is 10.7. The van der Waals surface area contributed by atoms with E-state index < -0.39 is 0 Å². The number of thioether (sulfide) groups is 1. The molecule has 160 valence electrons. The second-order valence-electron chi connectivity index (χ2n) is 7.17. The number of fused-ring (bicyclic) bond motifs is 1. The highest BCUT2D eigenvalue weighted by molar-refractivity contribution is 8.03. The van der Waals surface area contributed by atoms with Crippen LogP contribution >= 0.6 is 11.8 Å². The van der Waals surface area contributed by atoms with E-state index in [-0.39, 0.29) is 18.2 Å². The van der Waals surface area contributed by atoms with E-state index in [4.69, 9.17) is 14.2 Å². The molecule has 1 fully saturated rings. The van der Waals surface area contributed by atoms with Crippen molar-refractivity contribution in [3.05, 3.63) is 58.6 Å². The molecular formula is C23H23N3O4S. The number of carbonyl (C=O) groups excluding carboxylic acids is 1. The van der Waals surface area contributed by atoms with Crippen molar-refractivity contribution in [1.82, 2.24) is 4.90 Å². The van der Waals surface area contributed by atoms with Crippen LogP contribution < -0.4 is 19.1 Å². The van der Waals surface area contributed by atoms with Crippen LogP contribution in [0.1, 0.15) is 17.9 Å². The summed E-state index contributed by atoms with van der Waals surface area (Å²) in [4.78, 5) is 17.0. The highest BCUT2D eigenvalue weighted by Gasteiger charge is 2.39. The van der Waals surface area contributed by atoms with Crippen LogP contribution in [0, 0.1) is 11.3 Å². The number of rotatable bonds is 5. The number of methoxy groups -OCH3 is 3. The lowest BCUT2D eigenvalue weighted by Gasteiger charge is -2.42. The average Bonchev–Trinajstić information content (AvgIpc) is 2.83. The third-order valence-electron chi connectivity index (χ3n) is 5.54. The number of anilines is 1. The highest BCUT2D eigenvalue weighted by atomic mass is 32.2. The Balaban J connectivity index is 1.67. The van der Waals surface area contributed by atoms with Gasteiger partial charge in [0, 0.05) is 23.6 Å². The van der Waals surface area contributed by atoms with E-state index in [1.54, 1.807) is 32.3 Å². The normalized spacial score (nSPS) is 18.4. The van der Waals surface area contributed by atoms with Crippen LogP contribution in [0.4, 0.5) is 5.69 Å². The van der Waals surface area contributed by atoms with E-state index in [1.165, 1.54) is 11.8 Å². The lowest BCUT2D eigenvalue weighted by Crippen LogP contribution is -2.47. The van der Waals surface area contributed by atoms with Crippen molar-refractivity contribution < 1.29 is 19.0 Å². The smallest absolute Gasteiger partial charge is 0.229 e. The zero-order valence-corrected chi connectivity index (χ0v) is 18.4. The van der Waals surface area contributed by atoms with Crippen molar-refractivity contribution in [2.24, 2.45) is 0 Å². The molecule has 2 aliphatic rings. The molecule has 8 heteroatoms. The van der Waals surface area contributed by atoms with E-state index in [9.17, 15) is 10.1 Å². The first-order valence-corrected chi connectivity index (χ1v) is 10.8. The fourth-order valence-corrected chi connectivity index (χ4v) is 5.06. The van der Waals surface area contributed by atoms with E-state index in [1.807, 2.05) is 36.4 Å². The van der Waals surface area contributed by atoms with E-state index >= 15 is 0 Å². The molecule has 2 aromatic carbocycles. The van der Waals surface area contributed by atoms with E-state index in [0.717, 1.165) is 22.0 Å². The standard InChI is InChI=1S/C23H23N3O4S/c1-28-16-6-4-15(5-7-16)25-13-26-22(27)11-18(20(12-24)23(26)31-14-25)19-10-17(29-2)8-9-21(19)30-3/h4-10,18H,11,13-14H2,1-3H3. The Morgan fingerprint density at radius 2 is 1.74 bits per heavy atom. The minimum absolute atomic E-state index is 0.0189. The summed E-state index contributed by atoms with van der Waals surface area (Å²) in [7, 11) is 4.81. The molecular weight excluding hydrogens is 414 g/mol. The minimum atomic E-state index is -0.367. The number of carbonyl (C=O) groups is 1. The topological polar surface area (TPSA) is 75.0 Å². The van der Waals surface area contributed by atoms with Gasteiger partial charge in [-0.25, -0.2) is 0 Å². The predicted octanol–water partition coefficient (Wildman–Crippen LogP) is 3.93. The molecule has 1 saturated heterocycles. The summed E-state index contributed by atoms with van der Waals surface area (Å²) >= 11 is 1.50. The molecule has 1 atom stereocenters. The molecule has 0 N–H and O–H groups in total. The minimum Gasteiger partial charge on any atom is -0.497 e. The number of hydrogen-bond donors (Lipinski definition) is 0. The molecule has 1 unspecified atom stereocenters. The van der Waals surface area contributed by atoms with Crippen LogP contribution in [0.3, 0.4) is 0 Å². The molecule has 4 rings (SSSR count). The van der Waals surface area contributed by atoms with Gasteiger partial charge in [0.05, 0.1) is 50.5 Å². The fraction of sp³-hybridized carbons (Fsp3) is 0.304. The lowest BCUT2D eigenvalue weighted by atomic mass is 9.86. The Bertz CT molecular complexity index is 1060. The van der Waals surface area contributed by atoms with Crippen molar-refractivity contribution in [3.8, 4) is 23.3 Å². The molecule has 2 aromatic rings. The molecule has 0 bridgehead atoms. The Morgan fingerprint density at radius 1 is 1.03 bits per heavy atom. The molecule has 0 spiro atoms. The molecule has 0 saturated carbocycles. The van der Waals surface area contributed by atoms with Gasteiger partial charge in [-0.2, -0.15) is 5.26 Å². The highest BCUT2D eigenvalue weighted by Crippen LogP contribution is 2.46. The summed E-state index contributed by atoms with van der Waals surface area (Å²) in [5.41, 5.74) is 2.37. The van der Waals surface area contributed by atoms with Crippen molar-refractivity contribution in [2.75, 3.05) is 38.8 Å². The number of nitrogens with zero attached hydrogens (tertiary/aromatic N) is 3. The molecule has 0 aromatic heterocycles. The summed E-state index contributed by atoms with van der Waals surface area (Å²) in [6.45, 7) is 0.403. The van der Waals surface area contributed by atoms with Gasteiger partial charge in [0.1, 0.15) is 17.2 Å². The first kappa shape index (κ1) is 20.9. The zero-order valence-electron chi connectivity index (χ0n) is 17.6. The molecule has 7 nitrogen and oxygen atoms in total. The molecule has 0 radical (unpaired) electrons. The third-order valence-corrected chi connectivity index (χ3v) is 6.70. The van der Waals surface area contributed by atoms with Crippen LogP contribution in [-0.4, -0.2) is 44.7 Å². The Kier molecular flexibility index (Phi) is 5.96. The van der Waals surface area contributed by atoms with Crippen LogP contribution in [0.2, 0.25) is 0 Å². The van der Waals surface area contributed by atoms with Crippen molar-refractivity contribution in [2.45, 2.75) is 12.3 Å². The Morgan fingerprint density at radius 3 is 2.39 bits per heavy atom. The maximum atomic E-state index is 13.2. The largest absolute Gasteiger partial charge is 0.497 e. The van der Waals surface area contributed by atoms with Gasteiger partial charge >= 0.3 is 0 Å². The number of nitriles is 1. The van der Waals surface area contributed by atoms with Gasteiger partial charge < -0.3 is 19.1 Å². The third kappa shape index (κ3) is 3.89. The quantitative estimate of drug-likeness (QED) is 0.701. The summed E-state index contributed by atoms with van der Waals surface area (Å²) < 4.78 is 16.1. The first-order chi connectivity index (χ1) is 15.1. The van der Waals surface area contributed by atoms with Crippen LogP contribution in [-0.2, 0) is 4.79 Å². The van der Waals surface area contributed by atoms with E-state index in [2.05, 4.69) is 11.0 Å². The van der Waals surface area contributed by atoms with Crippen LogP contribution in [0.5, 0.6) is 17.2 Å². The molecule has 31 heavy (non-hydrogen) atoms. The first-order valence-electron chi connectivity index (χ1n) is 9.78. The maximum Gasteiger partial charge on any atom is 0.229 e. The molecule has 2 aliphatic heterocycles. The predicted molar refractivity (Wildman–Crippen MR) is 119 cm³/mol. The zero-order chi connectivity index (χ0) is 22.0. The van der Waals surface area contributed by atoms with Crippen LogP contribution in [0.15, 0.2) is 53.1 Å². The van der Waals surface area contributed by atoms with Gasteiger partial charge in [0.15, 0.2) is 0 Å². The van der Waals surface area contributed by atoms with Crippen molar-refractivity contribution in [3.63, 3.8) is 0 Å². The van der Waals surface area contributed by atoms with Gasteiger partial charge in [-0.05, 0) is 42.5 Å². The average molecular weight is 438 g/mol. The number of ether oxygens (including phenoxy) is 3. The number of amides is 1. The van der Waals surface area contributed by atoms with Gasteiger partial charge in [0.2, 0.25) is 5.91 Å². The molecule has 1 amide bonds. The Hall–Kier alpha value is -3.31. The number of allylic oxidation sites excluding steroid dienone is 1. The van der Waals surface area contributed by atoms with Crippen molar-refractivity contribution >= 4 is 23.4 Å². The molecule has 0 aliphatic carbocycles. The molecule has 2 heterocycles. The number of benzene rings is 2. The van der Waals surface area contributed by atoms with E-state index in [0.29, 0.717) is 29.6 Å². The second-order valence-corrected chi connectivity index (χ2v) is 8.10. The van der Waals surface area contributed by atoms with Gasteiger partial charge in [-0.15, -0.1) is 0 Å². The van der Waals surface area contributed by atoms with Gasteiger partial charge in [0.25, 0.3) is 0 Å². The number of hydrogen-bond acceptors (Lipinski definition) is 7. The maximum absolute atomic E-state index is 13.2. The summed E-state index contributed by atoms with van der Waals surface area (Å²) in [5.74, 6) is 2.34. The fourth-order valence-electron chi connectivity index (χ4n) is 3.90. The Labute approximate surface area is 185 Å². The van der Waals surface area contributed by atoms with Gasteiger partial charge in [-0.3, -0.25) is 9.69 Å².